The Kier molecular flexibility index (Phi) is 3.66. The molecule has 1 amide bonds. The quantitative estimate of drug-likeness (QED) is 0.803. The average molecular weight is 293 g/mol. The van der Waals surface area contributed by atoms with Crippen molar-refractivity contribution in [3.05, 3.63) is 24.3 Å². The lowest BCUT2D eigenvalue weighted by Crippen LogP contribution is -2.28. The van der Waals surface area contributed by atoms with Crippen molar-refractivity contribution in [2.75, 3.05) is 29.4 Å². The first-order valence-electron chi connectivity index (χ1n) is 7.00. The molecule has 0 unspecified atom stereocenters. The molecule has 0 bridgehead atoms. The summed E-state index contributed by atoms with van der Waals surface area (Å²) in [6.07, 6.45) is 2.59. The highest BCUT2D eigenvalue weighted by atomic mass is 35.5. The Morgan fingerprint density at radius 2 is 1.80 bits per heavy atom. The number of halogens is 1. The van der Waals surface area contributed by atoms with Gasteiger partial charge in [0.05, 0.1) is 17.3 Å². The average Bonchev–Trinajstić information content (AvgIpc) is 3.08. The minimum Gasteiger partial charge on any atom is -0.370 e. The molecular formula is C15H17ClN2O2. The highest BCUT2D eigenvalue weighted by Gasteiger charge is 2.35. The van der Waals surface area contributed by atoms with E-state index in [2.05, 4.69) is 4.90 Å². The van der Waals surface area contributed by atoms with Crippen LogP contribution >= 0.6 is 11.6 Å². The lowest BCUT2D eigenvalue weighted by atomic mass is 10.1. The van der Waals surface area contributed by atoms with E-state index >= 15 is 0 Å². The van der Waals surface area contributed by atoms with Gasteiger partial charge < -0.3 is 9.80 Å². The molecule has 5 heteroatoms. The van der Waals surface area contributed by atoms with Crippen molar-refractivity contribution >= 4 is 34.1 Å². The maximum atomic E-state index is 12.2. The fourth-order valence-electron chi connectivity index (χ4n) is 3.01. The summed E-state index contributed by atoms with van der Waals surface area (Å²) in [5.41, 5.74) is 1.99. The zero-order valence-electron chi connectivity index (χ0n) is 11.2. The molecule has 20 heavy (non-hydrogen) atoms. The number of hydrogen-bond donors (Lipinski definition) is 0. The van der Waals surface area contributed by atoms with E-state index in [1.807, 2.05) is 24.3 Å². The Morgan fingerprint density at radius 3 is 2.40 bits per heavy atom. The highest BCUT2D eigenvalue weighted by molar-refractivity contribution is 6.64. The number of rotatable bonds is 3. The van der Waals surface area contributed by atoms with Crippen molar-refractivity contribution in [1.29, 1.82) is 0 Å². The summed E-state index contributed by atoms with van der Waals surface area (Å²) in [7, 11) is 0. The number of carbonyl (C=O) groups excluding carboxylic acids is 2. The van der Waals surface area contributed by atoms with Gasteiger partial charge in [-0.25, -0.2) is 0 Å². The van der Waals surface area contributed by atoms with Crippen molar-refractivity contribution in [2.45, 2.75) is 19.3 Å². The first-order chi connectivity index (χ1) is 9.66. The number of para-hydroxylation sites is 2. The van der Waals surface area contributed by atoms with Crippen LogP contribution in [0.5, 0.6) is 0 Å². The van der Waals surface area contributed by atoms with Gasteiger partial charge >= 0.3 is 0 Å². The van der Waals surface area contributed by atoms with E-state index in [0.29, 0.717) is 6.54 Å². The molecule has 0 N–H and O–H groups in total. The van der Waals surface area contributed by atoms with Crippen molar-refractivity contribution in [1.82, 2.24) is 0 Å². The van der Waals surface area contributed by atoms with Gasteiger partial charge in [-0.1, -0.05) is 12.1 Å². The summed E-state index contributed by atoms with van der Waals surface area (Å²) in [5.74, 6) is -0.397. The molecule has 3 rings (SSSR count). The fraction of sp³-hybridized carbons (Fsp3) is 0.467. The lowest BCUT2D eigenvalue weighted by Gasteiger charge is -2.26. The molecule has 1 aromatic carbocycles. The minimum absolute atomic E-state index is 0.0179. The molecule has 0 saturated carbocycles. The third-order valence-electron chi connectivity index (χ3n) is 4.07. The Labute approximate surface area is 123 Å². The van der Waals surface area contributed by atoms with E-state index in [4.69, 9.17) is 11.6 Å². The SMILES string of the molecule is O=C(Cl)[C@@H]1CC(=O)N(c2ccccc2N2CCCC2)C1. The second-order valence-electron chi connectivity index (χ2n) is 5.39. The topological polar surface area (TPSA) is 40.6 Å². The van der Waals surface area contributed by atoms with E-state index in [-0.39, 0.29) is 18.2 Å². The first-order valence-corrected chi connectivity index (χ1v) is 7.38. The summed E-state index contributed by atoms with van der Waals surface area (Å²) in [4.78, 5) is 27.4. The highest BCUT2D eigenvalue weighted by Crippen LogP contribution is 2.35. The van der Waals surface area contributed by atoms with E-state index < -0.39 is 5.24 Å². The van der Waals surface area contributed by atoms with Gasteiger partial charge in [0.2, 0.25) is 11.1 Å². The standard InChI is InChI=1S/C15H17ClN2O2/c16-15(20)11-9-14(19)18(10-11)13-6-2-1-5-12(13)17-7-3-4-8-17/h1-2,5-6,11H,3-4,7-10H2/t11-/m1/s1. The van der Waals surface area contributed by atoms with Gasteiger partial charge in [0.15, 0.2) is 0 Å². The number of carbonyl (C=O) groups is 2. The molecule has 0 aliphatic carbocycles. The molecule has 0 radical (unpaired) electrons. The second kappa shape index (κ2) is 5.44. The van der Waals surface area contributed by atoms with Crippen LogP contribution in [0, 0.1) is 5.92 Å². The normalized spacial score (nSPS) is 22.6. The molecule has 106 valence electrons. The van der Waals surface area contributed by atoms with Crippen LogP contribution in [-0.2, 0) is 9.59 Å². The number of nitrogens with zero attached hydrogens (tertiary/aromatic N) is 2. The van der Waals surface area contributed by atoms with Crippen molar-refractivity contribution in [3.8, 4) is 0 Å². The van der Waals surface area contributed by atoms with Crippen LogP contribution in [0.1, 0.15) is 19.3 Å². The summed E-state index contributed by atoms with van der Waals surface area (Å²) in [5, 5.41) is -0.417. The van der Waals surface area contributed by atoms with E-state index in [1.165, 1.54) is 12.8 Å². The molecule has 1 atom stereocenters. The van der Waals surface area contributed by atoms with Gasteiger partial charge in [0.25, 0.3) is 0 Å². The van der Waals surface area contributed by atoms with Crippen molar-refractivity contribution < 1.29 is 9.59 Å². The number of hydrogen-bond acceptors (Lipinski definition) is 3. The summed E-state index contributed by atoms with van der Waals surface area (Å²) >= 11 is 5.54. The Hall–Kier alpha value is -1.55. The third kappa shape index (κ3) is 2.40. The van der Waals surface area contributed by atoms with Crippen LogP contribution in [0.2, 0.25) is 0 Å². The zero-order valence-corrected chi connectivity index (χ0v) is 12.0. The molecular weight excluding hydrogens is 276 g/mol. The third-order valence-corrected chi connectivity index (χ3v) is 4.37. The van der Waals surface area contributed by atoms with E-state index in [0.717, 1.165) is 24.5 Å². The van der Waals surface area contributed by atoms with E-state index in [9.17, 15) is 9.59 Å². The van der Waals surface area contributed by atoms with Crippen LogP contribution < -0.4 is 9.80 Å². The van der Waals surface area contributed by atoms with Crippen molar-refractivity contribution in [2.24, 2.45) is 5.92 Å². The number of anilines is 2. The van der Waals surface area contributed by atoms with Gasteiger partial charge in [0.1, 0.15) is 0 Å². The Balaban J connectivity index is 1.90. The molecule has 4 nitrogen and oxygen atoms in total. The Morgan fingerprint density at radius 1 is 1.15 bits per heavy atom. The predicted octanol–water partition coefficient (Wildman–Crippen LogP) is 2.41. The van der Waals surface area contributed by atoms with Gasteiger partial charge in [-0.15, -0.1) is 0 Å². The van der Waals surface area contributed by atoms with Crippen molar-refractivity contribution in [3.63, 3.8) is 0 Å². The predicted molar refractivity (Wildman–Crippen MR) is 79.2 cm³/mol. The number of amides is 1. The molecule has 1 aromatic rings. The van der Waals surface area contributed by atoms with Gasteiger partial charge in [-0.05, 0) is 36.6 Å². The maximum absolute atomic E-state index is 12.2. The van der Waals surface area contributed by atoms with Crippen LogP contribution in [0.25, 0.3) is 0 Å². The van der Waals surface area contributed by atoms with Crippen LogP contribution in [-0.4, -0.2) is 30.8 Å². The largest absolute Gasteiger partial charge is 0.370 e. The molecule has 2 aliphatic rings. The minimum atomic E-state index is -0.417. The lowest BCUT2D eigenvalue weighted by molar-refractivity contribution is -0.120. The van der Waals surface area contributed by atoms with Crippen LogP contribution in [0.15, 0.2) is 24.3 Å². The van der Waals surface area contributed by atoms with Gasteiger partial charge in [-0.2, -0.15) is 0 Å². The summed E-state index contributed by atoms with van der Waals surface area (Å²) < 4.78 is 0. The van der Waals surface area contributed by atoms with Gasteiger partial charge in [0, 0.05) is 26.1 Å². The summed E-state index contributed by atoms with van der Waals surface area (Å²) in [6, 6.07) is 7.91. The first kappa shape index (κ1) is 13.4. The molecule has 2 fully saturated rings. The van der Waals surface area contributed by atoms with Crippen LogP contribution in [0.4, 0.5) is 11.4 Å². The maximum Gasteiger partial charge on any atom is 0.227 e. The smallest absolute Gasteiger partial charge is 0.227 e. The van der Waals surface area contributed by atoms with Crippen LogP contribution in [0.3, 0.4) is 0 Å². The monoisotopic (exact) mass is 292 g/mol. The van der Waals surface area contributed by atoms with Gasteiger partial charge in [-0.3, -0.25) is 9.59 Å². The second-order valence-corrected chi connectivity index (χ2v) is 5.76. The number of benzene rings is 1. The Bertz CT molecular complexity index is 540. The zero-order chi connectivity index (χ0) is 14.1. The molecule has 0 spiro atoms. The molecule has 2 aliphatic heterocycles. The van der Waals surface area contributed by atoms with E-state index in [1.54, 1.807) is 4.90 Å². The molecule has 0 aromatic heterocycles. The fourth-order valence-corrected chi connectivity index (χ4v) is 3.16. The molecule has 2 heterocycles. The molecule has 2 saturated heterocycles. The summed E-state index contributed by atoms with van der Waals surface area (Å²) in [6.45, 7) is 2.44.